The number of ketones is 2. The molecule has 0 bridgehead atoms. The van der Waals surface area contributed by atoms with E-state index < -0.39 is 11.9 Å². The van der Waals surface area contributed by atoms with Gasteiger partial charge in [-0.1, -0.05) is 5.16 Å². The highest BCUT2D eigenvalue weighted by molar-refractivity contribution is 6.70. The zero-order chi connectivity index (χ0) is 19.6. The van der Waals surface area contributed by atoms with E-state index in [4.69, 9.17) is 9.57 Å². The van der Waals surface area contributed by atoms with Crippen LogP contribution in [0.3, 0.4) is 0 Å². The minimum atomic E-state index is -0.643. The van der Waals surface area contributed by atoms with Gasteiger partial charge in [0.05, 0.1) is 6.10 Å². The summed E-state index contributed by atoms with van der Waals surface area (Å²) in [4.78, 5) is 43.7. The number of carbonyl (C=O) groups excluding carboxylic acids is 3. The Hall–Kier alpha value is -2.61. The van der Waals surface area contributed by atoms with Crippen molar-refractivity contribution < 1.29 is 28.5 Å². The molecule has 1 heterocycles. The standard InChI is InChI=1S/C19H24N3O5/c1-21(2)12-6-8-22(9-7-12)11-16(23)27-20-17-18(24)14-5-4-13(26-3)10-15(14)19(17)25/h6-9,13-15H,4-5,10-11H2,1-3H3/q+1/b20-17+. The van der Waals surface area contributed by atoms with Gasteiger partial charge < -0.3 is 14.5 Å². The minimum Gasteiger partial charge on any atom is -0.381 e. The molecule has 8 heteroatoms. The van der Waals surface area contributed by atoms with Gasteiger partial charge in [-0.2, -0.15) is 4.57 Å². The largest absolute Gasteiger partial charge is 0.399 e. The molecule has 1 aromatic rings. The van der Waals surface area contributed by atoms with Gasteiger partial charge in [0.1, 0.15) is 0 Å². The molecule has 0 N–H and O–H groups in total. The van der Waals surface area contributed by atoms with Gasteiger partial charge in [-0.3, -0.25) is 9.59 Å². The van der Waals surface area contributed by atoms with Crippen LogP contribution in [0, 0.1) is 11.8 Å². The molecule has 2 saturated carbocycles. The number of Topliss-reactive ketones (excluding diaryl/α,β-unsaturated/α-hetero) is 2. The lowest BCUT2D eigenvalue weighted by molar-refractivity contribution is -0.685. The highest BCUT2D eigenvalue weighted by atomic mass is 16.7. The zero-order valence-corrected chi connectivity index (χ0v) is 15.8. The summed E-state index contributed by atoms with van der Waals surface area (Å²) in [6.45, 7) is -0.0640. The van der Waals surface area contributed by atoms with E-state index in [0.29, 0.717) is 12.8 Å². The highest BCUT2D eigenvalue weighted by Crippen LogP contribution is 2.38. The summed E-state index contributed by atoms with van der Waals surface area (Å²) in [6, 6.07) is 3.72. The monoisotopic (exact) mass is 374 g/mol. The van der Waals surface area contributed by atoms with Crippen LogP contribution in [0.25, 0.3) is 0 Å². The second kappa shape index (κ2) is 7.96. The van der Waals surface area contributed by atoms with Crippen molar-refractivity contribution in [2.24, 2.45) is 17.0 Å². The zero-order valence-electron chi connectivity index (χ0n) is 15.8. The molecule has 0 amide bonds. The Morgan fingerprint density at radius 1 is 1.19 bits per heavy atom. The van der Waals surface area contributed by atoms with E-state index in [1.54, 1.807) is 24.1 Å². The number of rotatable bonds is 5. The van der Waals surface area contributed by atoms with Crippen LogP contribution in [-0.2, 0) is 30.5 Å². The van der Waals surface area contributed by atoms with Gasteiger partial charge in [-0.25, -0.2) is 4.79 Å². The molecule has 2 aliphatic carbocycles. The van der Waals surface area contributed by atoms with E-state index in [0.717, 1.165) is 12.1 Å². The van der Waals surface area contributed by atoms with Crippen molar-refractivity contribution in [3.8, 4) is 0 Å². The first-order valence-corrected chi connectivity index (χ1v) is 8.96. The predicted molar refractivity (Wildman–Crippen MR) is 96.1 cm³/mol. The molecule has 8 nitrogen and oxygen atoms in total. The first-order valence-electron chi connectivity index (χ1n) is 8.96. The topological polar surface area (TPSA) is 89.2 Å². The van der Waals surface area contributed by atoms with E-state index in [1.807, 2.05) is 31.1 Å². The van der Waals surface area contributed by atoms with Crippen LogP contribution in [0.15, 0.2) is 29.7 Å². The van der Waals surface area contributed by atoms with Crippen molar-refractivity contribution in [1.29, 1.82) is 0 Å². The summed E-state index contributed by atoms with van der Waals surface area (Å²) in [7, 11) is 5.45. The lowest BCUT2D eigenvalue weighted by Gasteiger charge is -2.28. The van der Waals surface area contributed by atoms with E-state index in [-0.39, 0.29) is 35.8 Å². The van der Waals surface area contributed by atoms with Crippen molar-refractivity contribution in [2.45, 2.75) is 31.9 Å². The molecule has 27 heavy (non-hydrogen) atoms. The summed E-state index contributed by atoms with van der Waals surface area (Å²) in [6.07, 6.45) is 5.31. The van der Waals surface area contributed by atoms with Gasteiger partial charge in [-0.05, 0) is 19.3 Å². The molecule has 3 unspecified atom stereocenters. The number of methoxy groups -OCH3 is 1. The van der Waals surface area contributed by atoms with Crippen LogP contribution in [-0.4, -0.2) is 50.6 Å². The van der Waals surface area contributed by atoms with Crippen LogP contribution >= 0.6 is 0 Å². The molecule has 1 aromatic heterocycles. The number of pyridine rings is 1. The number of nitrogens with zero attached hydrogens (tertiary/aromatic N) is 3. The molecule has 3 rings (SSSR count). The number of hydrogen-bond acceptors (Lipinski definition) is 7. The van der Waals surface area contributed by atoms with Crippen LogP contribution in [0.2, 0.25) is 0 Å². The van der Waals surface area contributed by atoms with Gasteiger partial charge >= 0.3 is 5.97 Å². The first-order chi connectivity index (χ1) is 12.9. The van der Waals surface area contributed by atoms with E-state index in [1.165, 1.54) is 0 Å². The molecule has 0 saturated heterocycles. The van der Waals surface area contributed by atoms with Crippen molar-refractivity contribution in [3.63, 3.8) is 0 Å². The third-order valence-corrected chi connectivity index (χ3v) is 5.22. The first kappa shape index (κ1) is 19.2. The lowest BCUT2D eigenvalue weighted by Crippen LogP contribution is -2.37. The summed E-state index contributed by atoms with van der Waals surface area (Å²) < 4.78 is 6.95. The Labute approximate surface area is 157 Å². The molecule has 0 aromatic carbocycles. The maximum atomic E-state index is 12.5. The molecule has 0 aliphatic heterocycles. The smallest absolute Gasteiger partial charge is 0.381 e. The molecule has 0 spiro atoms. The Bertz CT molecular complexity index is 772. The van der Waals surface area contributed by atoms with E-state index in [2.05, 4.69) is 5.16 Å². The number of fused-ring (bicyclic) bond motifs is 1. The SMILES string of the molecule is COC1CCC2C(=O)/C(=N\OC(=O)C[n+]3ccc(N(C)C)cc3)C(=O)C2C1. The molecular weight excluding hydrogens is 350 g/mol. The van der Waals surface area contributed by atoms with Gasteiger partial charge in [-0.15, -0.1) is 0 Å². The normalized spacial score (nSPS) is 26.2. The van der Waals surface area contributed by atoms with Crippen LogP contribution < -0.4 is 9.47 Å². The second-order valence-corrected chi connectivity index (χ2v) is 7.14. The fourth-order valence-corrected chi connectivity index (χ4v) is 3.64. The fourth-order valence-electron chi connectivity index (χ4n) is 3.64. The van der Waals surface area contributed by atoms with Crippen molar-refractivity contribution in [3.05, 3.63) is 24.5 Å². The minimum absolute atomic E-state index is 0.0218. The maximum Gasteiger partial charge on any atom is 0.399 e. The predicted octanol–water partition coefficient (Wildman–Crippen LogP) is 0.522. The molecule has 2 aliphatic rings. The van der Waals surface area contributed by atoms with Gasteiger partial charge in [0.15, 0.2) is 29.7 Å². The number of ether oxygens (including phenoxy) is 1. The third kappa shape index (κ3) is 4.05. The van der Waals surface area contributed by atoms with Gasteiger partial charge in [0.25, 0.3) is 0 Å². The Morgan fingerprint density at radius 3 is 2.48 bits per heavy atom. The summed E-state index contributed by atoms with van der Waals surface area (Å²) in [5, 5.41) is 3.61. The second-order valence-electron chi connectivity index (χ2n) is 7.14. The Morgan fingerprint density at radius 2 is 1.85 bits per heavy atom. The average molecular weight is 374 g/mol. The highest BCUT2D eigenvalue weighted by Gasteiger charge is 2.50. The van der Waals surface area contributed by atoms with Crippen molar-refractivity contribution >= 4 is 28.9 Å². The van der Waals surface area contributed by atoms with Gasteiger partial charge in [0.2, 0.25) is 6.54 Å². The average Bonchev–Trinajstić information content (AvgIpc) is 2.90. The lowest BCUT2D eigenvalue weighted by atomic mass is 9.79. The number of anilines is 1. The van der Waals surface area contributed by atoms with Crippen molar-refractivity contribution in [1.82, 2.24) is 0 Å². The van der Waals surface area contributed by atoms with E-state index >= 15 is 0 Å². The third-order valence-electron chi connectivity index (χ3n) is 5.22. The molecule has 3 atom stereocenters. The fraction of sp³-hybridized carbons (Fsp3) is 0.526. The van der Waals surface area contributed by atoms with Crippen LogP contribution in [0.4, 0.5) is 5.69 Å². The number of carbonyl (C=O) groups is 3. The van der Waals surface area contributed by atoms with E-state index in [9.17, 15) is 14.4 Å². The molecular formula is C19H24N3O5+. The summed E-state index contributed by atoms with van der Waals surface area (Å²) in [5.74, 6) is -2.09. The summed E-state index contributed by atoms with van der Waals surface area (Å²) >= 11 is 0. The Balaban J connectivity index is 1.62. The summed E-state index contributed by atoms with van der Waals surface area (Å²) in [5.41, 5.74) is 0.752. The number of aromatic nitrogens is 1. The van der Waals surface area contributed by atoms with Crippen molar-refractivity contribution in [2.75, 3.05) is 26.1 Å². The number of oxime groups is 1. The van der Waals surface area contributed by atoms with Crippen LogP contribution in [0.1, 0.15) is 19.3 Å². The number of hydrogen-bond donors (Lipinski definition) is 0. The molecule has 2 fully saturated rings. The molecule has 0 radical (unpaired) electrons. The quantitative estimate of drug-likeness (QED) is 0.424. The molecule has 144 valence electrons. The maximum absolute atomic E-state index is 12.5. The van der Waals surface area contributed by atoms with Crippen LogP contribution in [0.5, 0.6) is 0 Å². The van der Waals surface area contributed by atoms with Gasteiger partial charge in [0, 0.05) is 50.9 Å². The Kier molecular flexibility index (Phi) is 5.65.